The second-order valence-corrected chi connectivity index (χ2v) is 5.21. The van der Waals surface area contributed by atoms with Crippen molar-refractivity contribution in [3.8, 4) is 0 Å². The standard InChI is InChI=1S/C10H17ClN4O2/c1-12-7-9(14(16)17)13-4-6-15(2,5-3-11)8-10(12)13/h7H,3-6,8H2,1-2H3/q+2. The molecule has 1 atom stereocenters. The highest BCUT2D eigenvalue weighted by Gasteiger charge is 2.38. The first-order valence-corrected chi connectivity index (χ1v) is 6.12. The topological polar surface area (TPSA) is 51.9 Å². The van der Waals surface area contributed by atoms with Gasteiger partial charge in [-0.15, -0.1) is 11.6 Å². The predicted octanol–water partition coefficient (Wildman–Crippen LogP) is 0.420. The van der Waals surface area contributed by atoms with Gasteiger partial charge in [-0.05, 0) is 4.92 Å². The smallest absolute Gasteiger partial charge is 0.358 e. The Labute approximate surface area is 105 Å². The lowest BCUT2D eigenvalue weighted by atomic mass is 10.3. The van der Waals surface area contributed by atoms with E-state index in [2.05, 4.69) is 7.05 Å². The lowest BCUT2D eigenvalue weighted by molar-refractivity contribution is -0.933. The summed E-state index contributed by atoms with van der Waals surface area (Å²) in [4.78, 5) is 10.6. The third kappa shape index (κ3) is 2.14. The van der Waals surface area contributed by atoms with E-state index in [-0.39, 0.29) is 10.7 Å². The van der Waals surface area contributed by atoms with E-state index >= 15 is 0 Å². The van der Waals surface area contributed by atoms with Crippen molar-refractivity contribution < 1.29 is 14.0 Å². The molecule has 17 heavy (non-hydrogen) atoms. The molecule has 0 saturated carbocycles. The summed E-state index contributed by atoms with van der Waals surface area (Å²) in [6, 6.07) is 0. The second-order valence-electron chi connectivity index (χ2n) is 4.84. The first-order chi connectivity index (χ1) is 7.97. The summed E-state index contributed by atoms with van der Waals surface area (Å²) in [5.74, 6) is 1.79. The van der Waals surface area contributed by atoms with Crippen LogP contribution in [0.15, 0.2) is 6.20 Å². The van der Waals surface area contributed by atoms with Gasteiger partial charge in [-0.2, -0.15) is 4.57 Å². The maximum Gasteiger partial charge on any atom is 0.365 e. The number of hydrogen-bond donors (Lipinski definition) is 0. The van der Waals surface area contributed by atoms with Crippen LogP contribution in [0.2, 0.25) is 0 Å². The molecule has 0 fully saturated rings. The van der Waals surface area contributed by atoms with Crippen molar-refractivity contribution in [1.29, 1.82) is 0 Å². The molecule has 0 aliphatic carbocycles. The van der Waals surface area contributed by atoms with Crippen LogP contribution < -0.4 is 4.57 Å². The summed E-state index contributed by atoms with van der Waals surface area (Å²) in [7, 11) is 4.00. The predicted molar refractivity (Wildman–Crippen MR) is 62.6 cm³/mol. The largest absolute Gasteiger partial charge is 0.365 e. The molecule has 0 amide bonds. The number of aromatic nitrogens is 2. The summed E-state index contributed by atoms with van der Waals surface area (Å²) in [6.07, 6.45) is 1.59. The monoisotopic (exact) mass is 260 g/mol. The Kier molecular flexibility index (Phi) is 3.09. The molecule has 7 heteroatoms. The molecule has 1 aliphatic rings. The van der Waals surface area contributed by atoms with Gasteiger partial charge >= 0.3 is 11.6 Å². The van der Waals surface area contributed by atoms with Gasteiger partial charge in [0, 0.05) is 0 Å². The number of hydrogen-bond acceptors (Lipinski definition) is 2. The van der Waals surface area contributed by atoms with Crippen molar-refractivity contribution in [2.45, 2.75) is 13.1 Å². The Bertz CT molecular complexity index is 459. The summed E-state index contributed by atoms with van der Waals surface area (Å²) < 4.78 is 4.49. The quantitative estimate of drug-likeness (QED) is 0.260. The van der Waals surface area contributed by atoms with Gasteiger partial charge < -0.3 is 14.6 Å². The number of rotatable bonds is 3. The number of likely N-dealkylation sites (N-methyl/N-ethyl adjacent to an activating group) is 1. The molecule has 2 heterocycles. The van der Waals surface area contributed by atoms with Gasteiger partial charge in [-0.25, -0.2) is 4.57 Å². The van der Waals surface area contributed by atoms with Gasteiger partial charge in [0.15, 0.2) is 12.7 Å². The average Bonchev–Trinajstić information content (AvgIpc) is 2.56. The number of fused-ring (bicyclic) bond motifs is 1. The number of aryl methyl sites for hydroxylation is 1. The van der Waals surface area contributed by atoms with Crippen LogP contribution in [0, 0.1) is 10.1 Å². The molecule has 0 bridgehead atoms. The normalized spacial score (nSPS) is 23.5. The van der Waals surface area contributed by atoms with Crippen molar-refractivity contribution in [3.05, 3.63) is 22.1 Å². The van der Waals surface area contributed by atoms with Gasteiger partial charge in [0.2, 0.25) is 0 Å². The summed E-state index contributed by atoms with van der Waals surface area (Å²) in [5, 5.41) is 10.9. The van der Waals surface area contributed by atoms with Crippen LogP contribution in [-0.2, 0) is 20.1 Å². The van der Waals surface area contributed by atoms with E-state index in [1.54, 1.807) is 10.8 Å². The molecule has 94 valence electrons. The molecule has 1 aromatic rings. The molecule has 2 rings (SSSR count). The van der Waals surface area contributed by atoms with Crippen LogP contribution in [0.1, 0.15) is 5.82 Å². The lowest BCUT2D eigenvalue weighted by Crippen LogP contribution is -2.53. The Balaban J connectivity index is 2.36. The van der Waals surface area contributed by atoms with Crippen molar-refractivity contribution >= 4 is 17.4 Å². The fraction of sp³-hybridized carbons (Fsp3) is 0.700. The van der Waals surface area contributed by atoms with Crippen LogP contribution in [0.25, 0.3) is 0 Å². The van der Waals surface area contributed by atoms with Crippen LogP contribution in [0.5, 0.6) is 0 Å². The van der Waals surface area contributed by atoms with Crippen LogP contribution in [0.3, 0.4) is 0 Å². The second kappa shape index (κ2) is 4.27. The van der Waals surface area contributed by atoms with E-state index in [4.69, 9.17) is 11.6 Å². The lowest BCUT2D eigenvalue weighted by Gasteiger charge is -2.34. The van der Waals surface area contributed by atoms with Crippen LogP contribution in [0.4, 0.5) is 5.82 Å². The molecule has 0 radical (unpaired) electrons. The van der Waals surface area contributed by atoms with Crippen molar-refractivity contribution in [2.75, 3.05) is 26.0 Å². The molecule has 0 saturated heterocycles. The Morgan fingerprint density at radius 3 is 3.00 bits per heavy atom. The van der Waals surface area contributed by atoms with E-state index in [0.717, 1.165) is 29.9 Å². The van der Waals surface area contributed by atoms with Gasteiger partial charge in [-0.1, -0.05) is 0 Å². The average molecular weight is 261 g/mol. The number of nitro groups is 1. The van der Waals surface area contributed by atoms with Crippen molar-refractivity contribution in [1.82, 2.24) is 4.57 Å². The molecule has 0 aromatic carbocycles. The van der Waals surface area contributed by atoms with Crippen LogP contribution >= 0.6 is 11.6 Å². The summed E-state index contributed by atoms with van der Waals surface area (Å²) >= 11 is 5.81. The molecule has 1 unspecified atom stereocenters. The first kappa shape index (κ1) is 12.3. The number of halogens is 1. The van der Waals surface area contributed by atoms with E-state index in [9.17, 15) is 10.1 Å². The fourth-order valence-corrected chi connectivity index (χ4v) is 2.79. The molecule has 6 nitrogen and oxygen atoms in total. The molecule has 0 N–H and O–H groups in total. The molecule has 1 aliphatic heterocycles. The number of imidazole rings is 1. The van der Waals surface area contributed by atoms with Gasteiger partial charge in [-0.3, -0.25) is 0 Å². The first-order valence-electron chi connectivity index (χ1n) is 5.59. The third-order valence-corrected chi connectivity index (χ3v) is 3.67. The minimum absolute atomic E-state index is 0.180. The van der Waals surface area contributed by atoms with Crippen LogP contribution in [-0.4, -0.2) is 40.0 Å². The highest BCUT2D eigenvalue weighted by Crippen LogP contribution is 2.22. The maximum absolute atomic E-state index is 10.9. The van der Waals surface area contributed by atoms with Gasteiger partial charge in [0.25, 0.3) is 0 Å². The van der Waals surface area contributed by atoms with E-state index in [1.165, 1.54) is 0 Å². The summed E-state index contributed by atoms with van der Waals surface area (Å²) in [5.41, 5.74) is 0. The SMILES string of the molecule is C[n+]1cc([N+](=O)[O-])n2c1C[N+](C)(CCCl)CC2. The number of nitrogens with zero attached hydrogens (tertiary/aromatic N) is 4. The van der Waals surface area contributed by atoms with Crippen molar-refractivity contribution in [3.63, 3.8) is 0 Å². The third-order valence-electron chi connectivity index (χ3n) is 3.50. The summed E-state index contributed by atoms with van der Waals surface area (Å²) in [6.45, 7) is 3.24. The zero-order valence-electron chi connectivity index (χ0n) is 10.1. The van der Waals surface area contributed by atoms with Crippen molar-refractivity contribution in [2.24, 2.45) is 7.05 Å². The van der Waals surface area contributed by atoms with E-state index in [0.29, 0.717) is 12.4 Å². The number of alkyl halides is 1. The highest BCUT2D eigenvalue weighted by atomic mass is 35.5. The molecule has 0 spiro atoms. The molecular weight excluding hydrogens is 244 g/mol. The zero-order chi connectivity index (χ0) is 12.6. The Morgan fingerprint density at radius 2 is 2.41 bits per heavy atom. The van der Waals surface area contributed by atoms with Gasteiger partial charge in [0.05, 0.1) is 26.5 Å². The zero-order valence-corrected chi connectivity index (χ0v) is 10.9. The maximum atomic E-state index is 10.9. The molecular formula is C10H17ClN4O2+2. The molecule has 1 aromatic heterocycles. The Morgan fingerprint density at radius 1 is 1.71 bits per heavy atom. The fourth-order valence-electron chi connectivity index (χ4n) is 2.38. The highest BCUT2D eigenvalue weighted by molar-refractivity contribution is 6.17. The van der Waals surface area contributed by atoms with Gasteiger partial charge in [0.1, 0.15) is 13.1 Å². The Hall–Kier alpha value is -1.14. The number of quaternary nitrogens is 1. The minimum atomic E-state index is -0.319. The minimum Gasteiger partial charge on any atom is -0.358 e. The van der Waals surface area contributed by atoms with E-state index in [1.807, 2.05) is 11.6 Å². The van der Waals surface area contributed by atoms with E-state index < -0.39 is 0 Å².